The predicted octanol–water partition coefficient (Wildman–Crippen LogP) is 4.34. The van der Waals surface area contributed by atoms with Gasteiger partial charge >= 0.3 is 0 Å². The molecule has 2 rings (SSSR count). The lowest BCUT2D eigenvalue weighted by Crippen LogP contribution is -1.84. The SMILES string of the molecule is CCCc1cnc(-c2ccc(Cl)cc2Cl)[nH]1. The number of halogens is 2. The molecule has 0 unspecified atom stereocenters. The molecule has 0 spiro atoms. The summed E-state index contributed by atoms with van der Waals surface area (Å²) in [7, 11) is 0. The highest BCUT2D eigenvalue weighted by atomic mass is 35.5. The van der Waals surface area contributed by atoms with E-state index in [2.05, 4.69) is 16.9 Å². The smallest absolute Gasteiger partial charge is 0.138 e. The Kier molecular flexibility index (Phi) is 3.52. The minimum atomic E-state index is 0.616. The molecule has 0 atom stereocenters. The predicted molar refractivity (Wildman–Crippen MR) is 68.0 cm³/mol. The van der Waals surface area contributed by atoms with Crippen LogP contribution in [0.15, 0.2) is 24.4 Å². The molecule has 1 aromatic carbocycles. The van der Waals surface area contributed by atoms with Crippen molar-refractivity contribution in [3.8, 4) is 11.4 Å². The van der Waals surface area contributed by atoms with Crippen molar-refractivity contribution in [2.24, 2.45) is 0 Å². The van der Waals surface area contributed by atoms with Gasteiger partial charge < -0.3 is 4.98 Å². The van der Waals surface area contributed by atoms with E-state index in [0.29, 0.717) is 10.0 Å². The molecular weight excluding hydrogens is 243 g/mol. The Morgan fingerprint density at radius 2 is 2.12 bits per heavy atom. The van der Waals surface area contributed by atoms with Gasteiger partial charge in [0.15, 0.2) is 0 Å². The zero-order chi connectivity index (χ0) is 11.5. The van der Waals surface area contributed by atoms with Gasteiger partial charge in [0.05, 0.1) is 5.02 Å². The van der Waals surface area contributed by atoms with Gasteiger partial charge in [0.25, 0.3) is 0 Å². The van der Waals surface area contributed by atoms with E-state index in [-0.39, 0.29) is 0 Å². The highest BCUT2D eigenvalue weighted by molar-refractivity contribution is 6.36. The molecule has 0 saturated carbocycles. The van der Waals surface area contributed by atoms with Crippen LogP contribution in [0.5, 0.6) is 0 Å². The summed E-state index contributed by atoms with van der Waals surface area (Å²) in [6.07, 6.45) is 3.94. The number of nitrogens with one attached hydrogen (secondary N) is 1. The van der Waals surface area contributed by atoms with Crippen LogP contribution in [-0.4, -0.2) is 9.97 Å². The second kappa shape index (κ2) is 4.89. The van der Waals surface area contributed by atoms with E-state index in [0.717, 1.165) is 29.9 Å². The highest BCUT2D eigenvalue weighted by Gasteiger charge is 2.07. The van der Waals surface area contributed by atoms with E-state index in [1.54, 1.807) is 6.07 Å². The van der Waals surface area contributed by atoms with Crippen molar-refractivity contribution in [3.05, 3.63) is 40.1 Å². The Morgan fingerprint density at radius 3 is 2.81 bits per heavy atom. The number of nitrogens with zero attached hydrogens (tertiary/aromatic N) is 1. The van der Waals surface area contributed by atoms with E-state index in [9.17, 15) is 0 Å². The van der Waals surface area contributed by atoms with Crippen LogP contribution in [0.3, 0.4) is 0 Å². The fourth-order valence-electron chi connectivity index (χ4n) is 1.57. The van der Waals surface area contributed by atoms with Crippen LogP contribution in [0.1, 0.15) is 19.0 Å². The highest BCUT2D eigenvalue weighted by Crippen LogP contribution is 2.28. The van der Waals surface area contributed by atoms with Crippen LogP contribution < -0.4 is 0 Å². The van der Waals surface area contributed by atoms with Crippen molar-refractivity contribution in [3.63, 3.8) is 0 Å². The summed E-state index contributed by atoms with van der Waals surface area (Å²) >= 11 is 12.0. The van der Waals surface area contributed by atoms with E-state index < -0.39 is 0 Å². The summed E-state index contributed by atoms with van der Waals surface area (Å²) in [5, 5.41) is 1.25. The summed E-state index contributed by atoms with van der Waals surface area (Å²) in [6.45, 7) is 2.13. The zero-order valence-corrected chi connectivity index (χ0v) is 10.4. The average molecular weight is 255 g/mol. The molecule has 2 nitrogen and oxygen atoms in total. The molecular formula is C12H12Cl2N2. The molecule has 2 aromatic rings. The van der Waals surface area contributed by atoms with E-state index in [1.165, 1.54) is 0 Å². The van der Waals surface area contributed by atoms with Crippen LogP contribution in [-0.2, 0) is 6.42 Å². The minimum absolute atomic E-state index is 0.616. The van der Waals surface area contributed by atoms with Crippen LogP contribution in [0, 0.1) is 0 Å². The number of aryl methyl sites for hydroxylation is 1. The molecule has 0 radical (unpaired) electrons. The van der Waals surface area contributed by atoms with Crippen LogP contribution in [0.25, 0.3) is 11.4 Å². The minimum Gasteiger partial charge on any atom is -0.342 e. The fraction of sp³-hybridized carbons (Fsp3) is 0.250. The van der Waals surface area contributed by atoms with Gasteiger partial charge in [-0.1, -0.05) is 36.5 Å². The van der Waals surface area contributed by atoms with Crippen molar-refractivity contribution < 1.29 is 0 Å². The third kappa shape index (κ3) is 2.39. The summed E-state index contributed by atoms with van der Waals surface area (Å²) < 4.78 is 0. The van der Waals surface area contributed by atoms with Gasteiger partial charge in [0.1, 0.15) is 5.82 Å². The maximum Gasteiger partial charge on any atom is 0.138 e. The molecule has 84 valence electrons. The first kappa shape index (κ1) is 11.5. The van der Waals surface area contributed by atoms with Crippen LogP contribution in [0.4, 0.5) is 0 Å². The number of H-pyrrole nitrogens is 1. The molecule has 4 heteroatoms. The lowest BCUT2D eigenvalue weighted by Gasteiger charge is -2.01. The van der Waals surface area contributed by atoms with Gasteiger partial charge in [0.2, 0.25) is 0 Å². The molecule has 0 fully saturated rings. The number of hydrogen-bond donors (Lipinski definition) is 1. The first-order valence-electron chi connectivity index (χ1n) is 5.20. The lowest BCUT2D eigenvalue weighted by atomic mass is 10.2. The van der Waals surface area contributed by atoms with Gasteiger partial charge in [-0.15, -0.1) is 0 Å². The number of hydrogen-bond acceptors (Lipinski definition) is 1. The number of aromatic amines is 1. The van der Waals surface area contributed by atoms with E-state index >= 15 is 0 Å². The summed E-state index contributed by atoms with van der Waals surface area (Å²) in [5.74, 6) is 0.796. The van der Waals surface area contributed by atoms with Gasteiger partial charge in [-0.25, -0.2) is 4.98 Å². The molecule has 1 N–H and O–H groups in total. The summed E-state index contributed by atoms with van der Waals surface area (Å²) in [5.41, 5.74) is 2.01. The van der Waals surface area contributed by atoms with Crippen LogP contribution in [0.2, 0.25) is 10.0 Å². The second-order valence-electron chi connectivity index (χ2n) is 3.63. The van der Waals surface area contributed by atoms with Crippen molar-refractivity contribution in [1.82, 2.24) is 9.97 Å². The topological polar surface area (TPSA) is 28.7 Å². The Labute approximate surface area is 105 Å². The fourth-order valence-corrected chi connectivity index (χ4v) is 2.07. The molecule has 0 aliphatic rings. The third-order valence-corrected chi connectivity index (χ3v) is 2.88. The Morgan fingerprint density at radius 1 is 1.31 bits per heavy atom. The van der Waals surface area contributed by atoms with Gasteiger partial charge in [-0.05, 0) is 24.6 Å². The van der Waals surface area contributed by atoms with Gasteiger partial charge in [-0.3, -0.25) is 0 Å². The molecule has 0 saturated heterocycles. The van der Waals surface area contributed by atoms with Crippen molar-refractivity contribution in [2.45, 2.75) is 19.8 Å². The quantitative estimate of drug-likeness (QED) is 0.868. The summed E-state index contributed by atoms with van der Waals surface area (Å²) in [4.78, 5) is 7.56. The second-order valence-corrected chi connectivity index (χ2v) is 4.47. The molecule has 16 heavy (non-hydrogen) atoms. The lowest BCUT2D eigenvalue weighted by molar-refractivity contribution is 0.893. The first-order chi connectivity index (χ1) is 7.70. The molecule has 1 heterocycles. The van der Waals surface area contributed by atoms with E-state index in [1.807, 2.05) is 18.3 Å². The van der Waals surface area contributed by atoms with Crippen LogP contribution >= 0.6 is 23.2 Å². The normalized spacial score (nSPS) is 10.7. The van der Waals surface area contributed by atoms with Gasteiger partial charge in [-0.2, -0.15) is 0 Å². The largest absolute Gasteiger partial charge is 0.342 e. The number of rotatable bonds is 3. The molecule has 0 amide bonds. The number of benzene rings is 1. The molecule has 0 aliphatic carbocycles. The Balaban J connectivity index is 2.35. The third-order valence-electron chi connectivity index (χ3n) is 2.33. The van der Waals surface area contributed by atoms with Crippen molar-refractivity contribution in [2.75, 3.05) is 0 Å². The molecule has 1 aromatic heterocycles. The monoisotopic (exact) mass is 254 g/mol. The van der Waals surface area contributed by atoms with Crippen molar-refractivity contribution in [1.29, 1.82) is 0 Å². The first-order valence-corrected chi connectivity index (χ1v) is 5.95. The summed E-state index contributed by atoms with van der Waals surface area (Å²) in [6, 6.07) is 5.41. The molecule has 0 aliphatic heterocycles. The standard InChI is InChI=1S/C12H12Cl2N2/c1-2-3-9-7-15-12(16-9)10-5-4-8(13)6-11(10)14/h4-7H,2-3H2,1H3,(H,15,16). The maximum absolute atomic E-state index is 6.11. The number of imidazole rings is 1. The van der Waals surface area contributed by atoms with Gasteiger partial charge in [0, 0.05) is 22.5 Å². The Hall–Kier alpha value is -0.990. The Bertz CT molecular complexity index is 492. The number of aromatic nitrogens is 2. The molecule has 0 bridgehead atoms. The zero-order valence-electron chi connectivity index (χ0n) is 8.93. The van der Waals surface area contributed by atoms with Crippen molar-refractivity contribution >= 4 is 23.2 Å². The maximum atomic E-state index is 6.11. The van der Waals surface area contributed by atoms with E-state index in [4.69, 9.17) is 23.2 Å². The average Bonchev–Trinajstić information content (AvgIpc) is 2.67.